The molecule has 0 fully saturated rings. The van der Waals surface area contributed by atoms with E-state index in [1.807, 2.05) is 13.0 Å². The highest BCUT2D eigenvalue weighted by atomic mass is 16.7. The highest BCUT2D eigenvalue weighted by Gasteiger charge is 2.19. The molecular formula is C12H15NO3. The zero-order valence-corrected chi connectivity index (χ0v) is 9.50. The lowest BCUT2D eigenvalue weighted by Gasteiger charge is -2.08. The molecule has 1 N–H and O–H groups in total. The summed E-state index contributed by atoms with van der Waals surface area (Å²) in [7, 11) is 1.76. The molecule has 0 aromatic heterocycles. The molecule has 0 atom stereocenters. The van der Waals surface area contributed by atoms with Crippen LogP contribution in [0, 0.1) is 0 Å². The molecule has 0 saturated carbocycles. The Balaban J connectivity index is 2.39. The van der Waals surface area contributed by atoms with Crippen molar-refractivity contribution in [3.05, 3.63) is 23.3 Å². The first kappa shape index (κ1) is 11.0. The number of carbonyl (C=O) groups excluding carboxylic acids is 1. The van der Waals surface area contributed by atoms with Gasteiger partial charge in [0, 0.05) is 5.56 Å². The molecule has 4 heteroatoms. The van der Waals surface area contributed by atoms with Crippen LogP contribution in [0.25, 0.3) is 0 Å². The monoisotopic (exact) mass is 221 g/mol. The van der Waals surface area contributed by atoms with Gasteiger partial charge < -0.3 is 14.8 Å². The van der Waals surface area contributed by atoms with Crippen LogP contribution in [-0.4, -0.2) is 26.2 Å². The molecule has 0 amide bonds. The minimum Gasteiger partial charge on any atom is -0.454 e. The van der Waals surface area contributed by atoms with Gasteiger partial charge in [-0.2, -0.15) is 0 Å². The van der Waals surface area contributed by atoms with Crippen LogP contribution in [0.15, 0.2) is 12.1 Å². The average Bonchev–Trinajstić information content (AvgIpc) is 2.74. The number of ether oxygens (including phenoxy) is 2. The number of hydrogen-bond acceptors (Lipinski definition) is 4. The van der Waals surface area contributed by atoms with Crippen molar-refractivity contribution in [3.63, 3.8) is 0 Å². The fraction of sp³-hybridized carbons (Fsp3) is 0.417. The van der Waals surface area contributed by atoms with Crippen molar-refractivity contribution in [1.29, 1.82) is 0 Å². The van der Waals surface area contributed by atoms with Gasteiger partial charge in [0.15, 0.2) is 17.3 Å². The number of hydrogen-bond donors (Lipinski definition) is 1. The summed E-state index contributed by atoms with van der Waals surface area (Å²) in [5.41, 5.74) is 1.73. The molecule has 4 nitrogen and oxygen atoms in total. The van der Waals surface area contributed by atoms with Crippen LogP contribution in [0.5, 0.6) is 11.5 Å². The van der Waals surface area contributed by atoms with E-state index in [4.69, 9.17) is 9.47 Å². The molecule has 0 unspecified atom stereocenters. The Morgan fingerprint density at radius 2 is 2.06 bits per heavy atom. The Bertz CT molecular complexity index is 415. The Morgan fingerprint density at radius 3 is 2.69 bits per heavy atom. The van der Waals surface area contributed by atoms with Gasteiger partial charge in [0.25, 0.3) is 0 Å². The Labute approximate surface area is 94.6 Å². The van der Waals surface area contributed by atoms with E-state index < -0.39 is 0 Å². The molecule has 0 saturated heterocycles. The third-order valence-electron chi connectivity index (χ3n) is 2.62. The number of ketones is 1. The van der Waals surface area contributed by atoms with Crippen LogP contribution >= 0.6 is 0 Å². The number of carbonyl (C=O) groups is 1. The summed E-state index contributed by atoms with van der Waals surface area (Å²) >= 11 is 0. The molecule has 16 heavy (non-hydrogen) atoms. The standard InChI is InChI=1S/C12H15NO3/c1-3-8-4-11-12(16-7-15-11)5-9(8)10(14)6-13-2/h4-5,13H,3,6-7H2,1-2H3. The molecule has 0 bridgehead atoms. The predicted molar refractivity (Wildman–Crippen MR) is 60.2 cm³/mol. The van der Waals surface area contributed by atoms with E-state index >= 15 is 0 Å². The first-order valence-electron chi connectivity index (χ1n) is 5.36. The van der Waals surface area contributed by atoms with Crippen molar-refractivity contribution >= 4 is 5.78 Å². The van der Waals surface area contributed by atoms with E-state index in [0.29, 0.717) is 12.3 Å². The lowest BCUT2D eigenvalue weighted by atomic mass is 10.0. The van der Waals surface area contributed by atoms with Gasteiger partial charge in [-0.05, 0) is 31.2 Å². The normalized spacial score (nSPS) is 12.9. The fourth-order valence-corrected chi connectivity index (χ4v) is 1.79. The number of nitrogens with one attached hydrogen (secondary N) is 1. The SMILES string of the molecule is CCc1cc2c(cc1C(=O)CNC)OCO2. The maximum atomic E-state index is 11.9. The second-order valence-corrected chi connectivity index (χ2v) is 3.67. The number of aryl methyl sites for hydroxylation is 1. The minimum atomic E-state index is 0.0812. The molecule has 0 aliphatic carbocycles. The number of Topliss-reactive ketones (excluding diaryl/α,β-unsaturated/α-hetero) is 1. The summed E-state index contributed by atoms with van der Waals surface area (Å²) in [5.74, 6) is 1.48. The third-order valence-corrected chi connectivity index (χ3v) is 2.62. The largest absolute Gasteiger partial charge is 0.454 e. The lowest BCUT2D eigenvalue weighted by molar-refractivity contribution is 0.0992. The summed E-state index contributed by atoms with van der Waals surface area (Å²) in [6.45, 7) is 2.60. The first-order chi connectivity index (χ1) is 7.76. The van der Waals surface area contributed by atoms with Crippen LogP contribution in [0.3, 0.4) is 0 Å². The predicted octanol–water partition coefficient (Wildman–Crippen LogP) is 1.38. The molecule has 2 rings (SSSR count). The first-order valence-corrected chi connectivity index (χ1v) is 5.36. The molecule has 1 aliphatic heterocycles. The van der Waals surface area contributed by atoms with Crippen LogP contribution < -0.4 is 14.8 Å². The molecule has 0 spiro atoms. The minimum absolute atomic E-state index is 0.0812. The molecule has 1 aromatic carbocycles. The van der Waals surface area contributed by atoms with Crippen molar-refractivity contribution in [1.82, 2.24) is 5.32 Å². The third kappa shape index (κ3) is 1.88. The average molecular weight is 221 g/mol. The summed E-state index contributed by atoms with van der Waals surface area (Å²) < 4.78 is 10.6. The quantitative estimate of drug-likeness (QED) is 0.780. The summed E-state index contributed by atoms with van der Waals surface area (Å²) in [4.78, 5) is 11.9. The summed E-state index contributed by atoms with van der Waals surface area (Å²) in [6.07, 6.45) is 0.807. The van der Waals surface area contributed by atoms with E-state index in [2.05, 4.69) is 5.32 Å². The fourth-order valence-electron chi connectivity index (χ4n) is 1.79. The van der Waals surface area contributed by atoms with Gasteiger partial charge >= 0.3 is 0 Å². The van der Waals surface area contributed by atoms with Gasteiger partial charge in [0.05, 0.1) is 6.54 Å². The number of fused-ring (bicyclic) bond motifs is 1. The number of likely N-dealkylation sites (N-methyl/N-ethyl adjacent to an activating group) is 1. The van der Waals surface area contributed by atoms with Crippen LogP contribution in [0.4, 0.5) is 0 Å². The van der Waals surface area contributed by atoms with Gasteiger partial charge in [-0.25, -0.2) is 0 Å². The molecule has 1 heterocycles. The molecule has 1 aromatic rings. The molecular weight excluding hydrogens is 206 g/mol. The van der Waals surface area contributed by atoms with Gasteiger partial charge in [0.1, 0.15) is 0 Å². The van der Waals surface area contributed by atoms with Crippen molar-refractivity contribution in [2.75, 3.05) is 20.4 Å². The molecule has 1 aliphatic rings. The smallest absolute Gasteiger partial charge is 0.231 e. The number of rotatable bonds is 4. The zero-order chi connectivity index (χ0) is 11.5. The van der Waals surface area contributed by atoms with Crippen molar-refractivity contribution in [2.24, 2.45) is 0 Å². The van der Waals surface area contributed by atoms with Gasteiger partial charge in [-0.3, -0.25) is 4.79 Å². The highest BCUT2D eigenvalue weighted by molar-refractivity contribution is 5.99. The topological polar surface area (TPSA) is 47.6 Å². The van der Waals surface area contributed by atoms with Crippen molar-refractivity contribution in [2.45, 2.75) is 13.3 Å². The van der Waals surface area contributed by atoms with E-state index in [9.17, 15) is 4.79 Å². The van der Waals surface area contributed by atoms with E-state index in [1.54, 1.807) is 13.1 Å². The van der Waals surface area contributed by atoms with Crippen molar-refractivity contribution in [3.8, 4) is 11.5 Å². The Hall–Kier alpha value is -1.55. The van der Waals surface area contributed by atoms with E-state index in [1.165, 1.54) is 0 Å². The zero-order valence-electron chi connectivity index (χ0n) is 9.50. The molecule has 86 valence electrons. The van der Waals surface area contributed by atoms with E-state index in [-0.39, 0.29) is 12.6 Å². The Morgan fingerprint density at radius 1 is 1.38 bits per heavy atom. The molecule has 0 radical (unpaired) electrons. The maximum absolute atomic E-state index is 11.9. The van der Waals surface area contributed by atoms with Crippen molar-refractivity contribution < 1.29 is 14.3 Å². The van der Waals surface area contributed by atoms with Gasteiger partial charge in [-0.1, -0.05) is 6.92 Å². The van der Waals surface area contributed by atoms with Crippen LogP contribution in [0.2, 0.25) is 0 Å². The second-order valence-electron chi connectivity index (χ2n) is 3.67. The van der Waals surface area contributed by atoms with E-state index in [0.717, 1.165) is 23.3 Å². The maximum Gasteiger partial charge on any atom is 0.231 e. The summed E-state index contributed by atoms with van der Waals surface area (Å²) in [5, 5.41) is 2.86. The lowest BCUT2D eigenvalue weighted by Crippen LogP contribution is -2.19. The summed E-state index contributed by atoms with van der Waals surface area (Å²) in [6, 6.07) is 3.67. The van der Waals surface area contributed by atoms with Crippen LogP contribution in [0.1, 0.15) is 22.8 Å². The van der Waals surface area contributed by atoms with Crippen LogP contribution in [-0.2, 0) is 6.42 Å². The Kier molecular flexibility index (Phi) is 3.10. The second kappa shape index (κ2) is 4.53. The van der Waals surface area contributed by atoms with Gasteiger partial charge in [0.2, 0.25) is 6.79 Å². The number of benzene rings is 1. The highest BCUT2D eigenvalue weighted by Crippen LogP contribution is 2.35. The van der Waals surface area contributed by atoms with Gasteiger partial charge in [-0.15, -0.1) is 0 Å².